The maximum Gasteiger partial charge on any atom is 0.326 e. The topological polar surface area (TPSA) is 169 Å². The minimum atomic E-state index is -1.32. The summed E-state index contributed by atoms with van der Waals surface area (Å²) in [7, 11) is 2.92. The molecule has 36 heavy (non-hydrogen) atoms. The Labute approximate surface area is 209 Å². The molecule has 2 aromatic rings. The first-order valence-corrected chi connectivity index (χ1v) is 11.3. The summed E-state index contributed by atoms with van der Waals surface area (Å²) in [4.78, 5) is 48.0. The van der Waals surface area contributed by atoms with Crippen molar-refractivity contribution in [2.75, 3.05) is 26.1 Å². The van der Waals surface area contributed by atoms with E-state index in [1.165, 1.54) is 27.2 Å². The molecule has 0 bridgehead atoms. The molecule has 0 aliphatic rings. The van der Waals surface area contributed by atoms with Crippen molar-refractivity contribution in [1.29, 1.82) is 0 Å². The van der Waals surface area contributed by atoms with Gasteiger partial charge in [0.2, 0.25) is 11.8 Å². The van der Waals surface area contributed by atoms with Crippen molar-refractivity contribution in [3.05, 3.63) is 53.6 Å². The lowest BCUT2D eigenvalue weighted by atomic mass is 10.1. The van der Waals surface area contributed by atoms with Crippen LogP contribution in [0.3, 0.4) is 0 Å². The van der Waals surface area contributed by atoms with E-state index >= 15 is 0 Å². The van der Waals surface area contributed by atoms with Gasteiger partial charge in [0, 0.05) is 19.0 Å². The Bertz CT molecular complexity index is 1080. The van der Waals surface area contributed by atoms with E-state index in [0.29, 0.717) is 30.2 Å². The quantitative estimate of drug-likeness (QED) is 0.259. The highest BCUT2D eigenvalue weighted by molar-refractivity contribution is 6.02. The van der Waals surface area contributed by atoms with Crippen molar-refractivity contribution in [2.45, 2.75) is 38.3 Å². The number of carbonyl (C=O) groups is 4. The lowest BCUT2D eigenvalue weighted by Gasteiger charge is -2.20. The SMILES string of the molecule is COc1cc(NCCc2ccccc2)c(C(=O)N[C@@H](C)C(=O)N[C@@H](CCC(N)=O)C(=O)O)cc1OC. The van der Waals surface area contributed by atoms with Gasteiger partial charge in [0.25, 0.3) is 5.91 Å². The number of hydrogen-bond acceptors (Lipinski definition) is 7. The number of carboxylic acids is 1. The van der Waals surface area contributed by atoms with Gasteiger partial charge in [-0.1, -0.05) is 30.3 Å². The molecule has 0 unspecified atom stereocenters. The third kappa shape index (κ3) is 8.19. The highest BCUT2D eigenvalue weighted by Crippen LogP contribution is 2.33. The number of ether oxygens (including phenoxy) is 2. The van der Waals surface area contributed by atoms with E-state index in [9.17, 15) is 24.3 Å². The first kappa shape index (κ1) is 28.0. The Morgan fingerprint density at radius 2 is 1.64 bits per heavy atom. The molecule has 11 nitrogen and oxygen atoms in total. The van der Waals surface area contributed by atoms with Crippen LogP contribution in [-0.2, 0) is 20.8 Å². The van der Waals surface area contributed by atoms with Crippen molar-refractivity contribution in [2.24, 2.45) is 5.73 Å². The van der Waals surface area contributed by atoms with Gasteiger partial charge in [-0.15, -0.1) is 0 Å². The van der Waals surface area contributed by atoms with Crippen LogP contribution in [0, 0.1) is 0 Å². The van der Waals surface area contributed by atoms with E-state index in [1.807, 2.05) is 30.3 Å². The standard InChI is InChI=1S/C25H32N4O7/c1-15(23(31)29-18(25(33)34)9-10-22(26)30)28-24(32)17-13-20(35-2)21(36-3)14-19(17)27-12-11-16-7-5-4-6-8-16/h4-8,13-15,18,27H,9-12H2,1-3H3,(H2,26,30)(H,28,32)(H,29,31)(H,33,34)/t15-,18-/m0/s1. The Morgan fingerprint density at radius 3 is 2.22 bits per heavy atom. The van der Waals surface area contributed by atoms with Gasteiger partial charge in [0.05, 0.1) is 25.5 Å². The van der Waals surface area contributed by atoms with Crippen LogP contribution >= 0.6 is 0 Å². The largest absolute Gasteiger partial charge is 0.493 e. The van der Waals surface area contributed by atoms with Gasteiger partial charge in [-0.2, -0.15) is 0 Å². The van der Waals surface area contributed by atoms with Crippen molar-refractivity contribution >= 4 is 29.4 Å². The number of hydrogen-bond donors (Lipinski definition) is 5. The molecular formula is C25H32N4O7. The summed E-state index contributed by atoms with van der Waals surface area (Å²) >= 11 is 0. The van der Waals surface area contributed by atoms with Crippen molar-refractivity contribution in [1.82, 2.24) is 10.6 Å². The summed E-state index contributed by atoms with van der Waals surface area (Å²) < 4.78 is 10.7. The van der Waals surface area contributed by atoms with E-state index < -0.39 is 35.8 Å². The van der Waals surface area contributed by atoms with Crippen LogP contribution < -0.4 is 31.2 Å². The summed E-state index contributed by atoms with van der Waals surface area (Å²) in [6, 6.07) is 10.6. The zero-order chi connectivity index (χ0) is 26.7. The number of carboxylic acid groups (broad SMARTS) is 1. The highest BCUT2D eigenvalue weighted by Gasteiger charge is 2.25. The van der Waals surface area contributed by atoms with Crippen LogP contribution in [-0.4, -0.2) is 61.6 Å². The normalized spacial score (nSPS) is 12.1. The van der Waals surface area contributed by atoms with Crippen LogP contribution in [0.5, 0.6) is 11.5 Å². The number of rotatable bonds is 14. The number of methoxy groups -OCH3 is 2. The van der Waals surface area contributed by atoms with Gasteiger partial charge in [-0.3, -0.25) is 14.4 Å². The number of nitrogens with one attached hydrogen (secondary N) is 3. The lowest BCUT2D eigenvalue weighted by Crippen LogP contribution is -2.50. The van der Waals surface area contributed by atoms with Gasteiger partial charge in [-0.05, 0) is 31.4 Å². The molecule has 2 aromatic carbocycles. The van der Waals surface area contributed by atoms with Crippen molar-refractivity contribution in [3.8, 4) is 11.5 Å². The molecule has 0 saturated heterocycles. The molecule has 0 aromatic heterocycles. The second-order valence-corrected chi connectivity index (χ2v) is 8.01. The molecule has 0 fully saturated rings. The monoisotopic (exact) mass is 500 g/mol. The van der Waals surface area contributed by atoms with E-state index in [1.54, 1.807) is 6.07 Å². The molecule has 11 heteroatoms. The minimum absolute atomic E-state index is 0.164. The van der Waals surface area contributed by atoms with E-state index in [-0.39, 0.29) is 18.4 Å². The smallest absolute Gasteiger partial charge is 0.326 e. The number of nitrogens with two attached hydrogens (primary N) is 1. The van der Waals surface area contributed by atoms with Crippen LogP contribution in [0.4, 0.5) is 5.69 Å². The molecule has 0 radical (unpaired) electrons. The van der Waals surface area contributed by atoms with Crippen LogP contribution in [0.2, 0.25) is 0 Å². The molecule has 2 atom stereocenters. The summed E-state index contributed by atoms with van der Waals surface area (Å²) in [5.74, 6) is -2.55. The van der Waals surface area contributed by atoms with Gasteiger partial charge in [0.15, 0.2) is 11.5 Å². The molecule has 0 heterocycles. The lowest BCUT2D eigenvalue weighted by molar-refractivity contribution is -0.142. The Hall–Kier alpha value is -4.28. The van der Waals surface area contributed by atoms with Gasteiger partial charge >= 0.3 is 5.97 Å². The Balaban J connectivity index is 2.15. The molecule has 3 amide bonds. The van der Waals surface area contributed by atoms with Gasteiger partial charge in [0.1, 0.15) is 12.1 Å². The molecule has 0 saturated carbocycles. The number of benzene rings is 2. The average molecular weight is 501 g/mol. The second kappa shape index (κ2) is 13.6. The number of anilines is 1. The van der Waals surface area contributed by atoms with Crippen LogP contribution in [0.15, 0.2) is 42.5 Å². The summed E-state index contributed by atoms with van der Waals surface area (Å²) in [6.45, 7) is 1.94. The summed E-state index contributed by atoms with van der Waals surface area (Å²) in [5.41, 5.74) is 6.86. The molecule has 2 rings (SSSR count). The fourth-order valence-corrected chi connectivity index (χ4v) is 3.38. The molecule has 0 spiro atoms. The maximum atomic E-state index is 13.1. The zero-order valence-electron chi connectivity index (χ0n) is 20.5. The third-order valence-corrected chi connectivity index (χ3v) is 5.38. The molecule has 0 aliphatic heterocycles. The first-order valence-electron chi connectivity index (χ1n) is 11.3. The fraction of sp³-hybridized carbons (Fsp3) is 0.360. The minimum Gasteiger partial charge on any atom is -0.493 e. The van der Waals surface area contributed by atoms with E-state index in [4.69, 9.17) is 15.2 Å². The van der Waals surface area contributed by atoms with Gasteiger partial charge in [-0.25, -0.2) is 4.79 Å². The molecule has 0 aliphatic carbocycles. The van der Waals surface area contributed by atoms with Crippen molar-refractivity contribution in [3.63, 3.8) is 0 Å². The fourth-order valence-electron chi connectivity index (χ4n) is 3.38. The van der Waals surface area contributed by atoms with Crippen LogP contribution in [0.1, 0.15) is 35.7 Å². The zero-order valence-corrected chi connectivity index (χ0v) is 20.5. The summed E-state index contributed by atoms with van der Waals surface area (Å²) in [5, 5.41) is 17.4. The number of primary amides is 1. The Morgan fingerprint density at radius 1 is 1.00 bits per heavy atom. The average Bonchev–Trinajstić information content (AvgIpc) is 2.86. The van der Waals surface area contributed by atoms with E-state index in [2.05, 4.69) is 16.0 Å². The molecule has 6 N–H and O–H groups in total. The number of aliphatic carboxylic acids is 1. The number of amides is 3. The second-order valence-electron chi connectivity index (χ2n) is 8.01. The highest BCUT2D eigenvalue weighted by atomic mass is 16.5. The van der Waals surface area contributed by atoms with Crippen LogP contribution in [0.25, 0.3) is 0 Å². The third-order valence-electron chi connectivity index (χ3n) is 5.38. The predicted octanol–water partition coefficient (Wildman–Crippen LogP) is 1.31. The first-order chi connectivity index (χ1) is 17.2. The Kier molecular flexibility index (Phi) is 10.5. The van der Waals surface area contributed by atoms with E-state index in [0.717, 1.165) is 5.56 Å². The molecular weight excluding hydrogens is 468 g/mol. The van der Waals surface area contributed by atoms with Crippen molar-refractivity contribution < 1.29 is 33.8 Å². The predicted molar refractivity (Wildman–Crippen MR) is 133 cm³/mol. The summed E-state index contributed by atoms with van der Waals surface area (Å²) in [6.07, 6.45) is 0.334. The molecule has 194 valence electrons. The maximum absolute atomic E-state index is 13.1. The van der Waals surface area contributed by atoms with Gasteiger partial charge < -0.3 is 36.3 Å². The number of carbonyl (C=O) groups excluding carboxylic acids is 3.